The molecule has 150 valence electrons. The van der Waals surface area contributed by atoms with E-state index in [9.17, 15) is 14.4 Å². The van der Waals surface area contributed by atoms with Gasteiger partial charge < -0.3 is 14.2 Å². The monoisotopic (exact) mass is 469 g/mol. The van der Waals surface area contributed by atoms with Crippen LogP contribution in [-0.4, -0.2) is 48.4 Å². The fourth-order valence-corrected chi connectivity index (χ4v) is 3.92. The molecule has 0 unspecified atom stereocenters. The maximum atomic E-state index is 12.6. The average Bonchev–Trinajstić information content (AvgIpc) is 2.93. The normalized spacial score (nSPS) is 16.3. The lowest BCUT2D eigenvalue weighted by atomic mass is 10.1. The van der Waals surface area contributed by atoms with Crippen molar-refractivity contribution >= 4 is 50.9 Å². The minimum Gasteiger partial charge on any atom is -0.493 e. The molecule has 7 nitrogen and oxygen atoms in total. The van der Waals surface area contributed by atoms with Gasteiger partial charge in [-0.15, -0.1) is 0 Å². The highest BCUT2D eigenvalue weighted by Crippen LogP contribution is 2.39. The third kappa shape index (κ3) is 4.77. The molecule has 0 aliphatic carbocycles. The van der Waals surface area contributed by atoms with Gasteiger partial charge in [-0.3, -0.25) is 14.5 Å². The fourth-order valence-electron chi connectivity index (χ4n) is 2.44. The summed E-state index contributed by atoms with van der Waals surface area (Å²) in [6.45, 7) is 7.20. The molecule has 1 aromatic rings. The van der Waals surface area contributed by atoms with Crippen molar-refractivity contribution in [3.05, 3.63) is 39.7 Å². The Kier molecular flexibility index (Phi) is 7.70. The molecule has 0 bridgehead atoms. The van der Waals surface area contributed by atoms with Crippen LogP contribution in [0.2, 0.25) is 0 Å². The molecule has 1 atom stereocenters. The number of hydrogen-bond acceptors (Lipinski definition) is 7. The Morgan fingerprint density at radius 2 is 2.11 bits per heavy atom. The van der Waals surface area contributed by atoms with Crippen molar-refractivity contribution in [3.8, 4) is 11.5 Å². The van der Waals surface area contributed by atoms with Gasteiger partial charge in [0, 0.05) is 0 Å². The molecule has 1 heterocycles. The molecule has 2 rings (SSSR count). The molecule has 2 amide bonds. The van der Waals surface area contributed by atoms with E-state index in [4.69, 9.17) is 14.2 Å². The van der Waals surface area contributed by atoms with Crippen LogP contribution in [0.15, 0.2) is 34.2 Å². The number of halogens is 1. The molecule has 1 aromatic carbocycles. The van der Waals surface area contributed by atoms with Crippen LogP contribution in [0.25, 0.3) is 6.08 Å². The van der Waals surface area contributed by atoms with Crippen molar-refractivity contribution in [2.24, 2.45) is 0 Å². The first-order chi connectivity index (χ1) is 13.3. The van der Waals surface area contributed by atoms with Crippen LogP contribution in [0, 0.1) is 0 Å². The SMILES string of the molecule is C=CCOc1c(Br)cc(/C=C2\SC(=O)N([C@H](C)C(=O)OCC)C2=O)cc1OC. The summed E-state index contributed by atoms with van der Waals surface area (Å²) in [4.78, 5) is 37.9. The topological polar surface area (TPSA) is 82.1 Å². The summed E-state index contributed by atoms with van der Waals surface area (Å²) in [7, 11) is 1.50. The Labute approximate surface area is 175 Å². The summed E-state index contributed by atoms with van der Waals surface area (Å²) in [5.41, 5.74) is 0.629. The Morgan fingerprint density at radius 1 is 1.39 bits per heavy atom. The van der Waals surface area contributed by atoms with E-state index >= 15 is 0 Å². The largest absolute Gasteiger partial charge is 0.493 e. The van der Waals surface area contributed by atoms with E-state index < -0.39 is 23.2 Å². The lowest BCUT2D eigenvalue weighted by Crippen LogP contribution is -2.42. The second-order valence-electron chi connectivity index (χ2n) is 5.61. The minimum atomic E-state index is -0.991. The third-order valence-corrected chi connectivity index (χ3v) is 5.21. The summed E-state index contributed by atoms with van der Waals surface area (Å²) in [6, 6.07) is 2.43. The first kappa shape index (κ1) is 22.0. The summed E-state index contributed by atoms with van der Waals surface area (Å²) in [6.07, 6.45) is 3.17. The van der Waals surface area contributed by atoms with Gasteiger partial charge in [-0.2, -0.15) is 0 Å². The molecular weight excluding hydrogens is 450 g/mol. The number of hydrogen-bond donors (Lipinski definition) is 0. The lowest BCUT2D eigenvalue weighted by molar-refractivity contribution is -0.150. The van der Waals surface area contributed by atoms with Crippen molar-refractivity contribution in [2.45, 2.75) is 19.9 Å². The van der Waals surface area contributed by atoms with Crippen LogP contribution in [-0.2, 0) is 14.3 Å². The van der Waals surface area contributed by atoms with Crippen molar-refractivity contribution < 1.29 is 28.6 Å². The number of imide groups is 1. The molecule has 1 saturated heterocycles. The van der Waals surface area contributed by atoms with E-state index in [0.29, 0.717) is 28.1 Å². The predicted octanol–water partition coefficient (Wildman–Crippen LogP) is 4.01. The van der Waals surface area contributed by atoms with Gasteiger partial charge in [-0.05, 0) is 65.3 Å². The standard InChI is InChI=1S/C19H20BrNO6S/c1-5-7-27-16-13(20)8-12(9-14(16)25-4)10-15-17(22)21(19(24)28-15)11(3)18(23)26-6-2/h5,8-11H,1,6-7H2,2-4H3/b15-10-/t11-/m1/s1. The summed E-state index contributed by atoms with van der Waals surface area (Å²) >= 11 is 4.19. The Hall–Kier alpha value is -2.26. The molecule has 1 aliphatic rings. The lowest BCUT2D eigenvalue weighted by Gasteiger charge is -2.19. The van der Waals surface area contributed by atoms with Crippen molar-refractivity contribution in [1.29, 1.82) is 0 Å². The number of thioether (sulfide) groups is 1. The molecule has 0 radical (unpaired) electrons. The van der Waals surface area contributed by atoms with E-state index in [1.54, 1.807) is 31.2 Å². The van der Waals surface area contributed by atoms with Crippen molar-refractivity contribution in [2.75, 3.05) is 20.3 Å². The van der Waals surface area contributed by atoms with Gasteiger partial charge in [-0.25, -0.2) is 4.79 Å². The number of nitrogens with zero attached hydrogens (tertiary/aromatic N) is 1. The maximum absolute atomic E-state index is 12.6. The predicted molar refractivity (Wildman–Crippen MR) is 110 cm³/mol. The number of amides is 2. The zero-order chi connectivity index (χ0) is 20.8. The Balaban J connectivity index is 2.32. The van der Waals surface area contributed by atoms with Gasteiger partial charge in [0.25, 0.3) is 11.1 Å². The van der Waals surface area contributed by atoms with Gasteiger partial charge in [-0.1, -0.05) is 12.7 Å². The molecule has 28 heavy (non-hydrogen) atoms. The number of benzene rings is 1. The highest BCUT2D eigenvalue weighted by molar-refractivity contribution is 9.10. The first-order valence-electron chi connectivity index (χ1n) is 8.38. The summed E-state index contributed by atoms with van der Waals surface area (Å²) in [5.74, 6) is -0.206. The molecule has 1 fully saturated rings. The summed E-state index contributed by atoms with van der Waals surface area (Å²) in [5, 5.41) is -0.520. The third-order valence-electron chi connectivity index (χ3n) is 3.73. The fraction of sp³-hybridized carbons (Fsp3) is 0.316. The van der Waals surface area contributed by atoms with Crippen LogP contribution in [0.1, 0.15) is 19.4 Å². The average molecular weight is 470 g/mol. The van der Waals surface area contributed by atoms with Crippen LogP contribution in [0.4, 0.5) is 4.79 Å². The van der Waals surface area contributed by atoms with Gasteiger partial charge >= 0.3 is 5.97 Å². The van der Waals surface area contributed by atoms with E-state index in [1.807, 2.05) is 0 Å². The van der Waals surface area contributed by atoms with Gasteiger partial charge in [0.05, 0.1) is 23.1 Å². The zero-order valence-corrected chi connectivity index (χ0v) is 18.1. The molecule has 0 spiro atoms. The second kappa shape index (κ2) is 9.79. The quantitative estimate of drug-likeness (QED) is 0.323. The number of carbonyl (C=O) groups is 3. The smallest absolute Gasteiger partial charge is 0.329 e. The second-order valence-corrected chi connectivity index (χ2v) is 7.46. The number of carbonyl (C=O) groups excluding carboxylic acids is 3. The summed E-state index contributed by atoms with van der Waals surface area (Å²) < 4.78 is 16.4. The first-order valence-corrected chi connectivity index (χ1v) is 9.99. The number of methoxy groups -OCH3 is 1. The van der Waals surface area contributed by atoms with Crippen LogP contribution < -0.4 is 9.47 Å². The van der Waals surface area contributed by atoms with Crippen molar-refractivity contribution in [3.63, 3.8) is 0 Å². The van der Waals surface area contributed by atoms with E-state index in [2.05, 4.69) is 22.5 Å². The molecule has 0 aromatic heterocycles. The Morgan fingerprint density at radius 3 is 2.71 bits per heavy atom. The molecule has 9 heteroatoms. The minimum absolute atomic E-state index is 0.170. The number of rotatable bonds is 8. The Bertz CT molecular complexity index is 838. The number of esters is 1. The molecule has 0 N–H and O–H groups in total. The molecular formula is C19H20BrNO6S. The highest BCUT2D eigenvalue weighted by atomic mass is 79.9. The molecule has 1 aliphatic heterocycles. The van der Waals surface area contributed by atoms with Crippen molar-refractivity contribution in [1.82, 2.24) is 4.90 Å². The van der Waals surface area contributed by atoms with Crippen LogP contribution >= 0.6 is 27.7 Å². The van der Waals surface area contributed by atoms with E-state index in [1.165, 1.54) is 14.0 Å². The van der Waals surface area contributed by atoms with Gasteiger partial charge in [0.1, 0.15) is 12.6 Å². The van der Waals surface area contributed by atoms with Crippen LogP contribution in [0.5, 0.6) is 11.5 Å². The zero-order valence-electron chi connectivity index (χ0n) is 15.7. The van der Waals surface area contributed by atoms with E-state index in [0.717, 1.165) is 16.7 Å². The number of ether oxygens (including phenoxy) is 3. The van der Waals surface area contributed by atoms with Gasteiger partial charge in [0.2, 0.25) is 0 Å². The molecule has 0 saturated carbocycles. The van der Waals surface area contributed by atoms with Gasteiger partial charge in [0.15, 0.2) is 11.5 Å². The highest BCUT2D eigenvalue weighted by Gasteiger charge is 2.41. The van der Waals surface area contributed by atoms with E-state index in [-0.39, 0.29) is 11.5 Å². The maximum Gasteiger partial charge on any atom is 0.329 e. The van der Waals surface area contributed by atoms with Crippen LogP contribution in [0.3, 0.4) is 0 Å².